The highest BCUT2D eigenvalue weighted by Crippen LogP contribution is 2.62. The van der Waals surface area contributed by atoms with Crippen LogP contribution in [0.15, 0.2) is 18.2 Å². The molecule has 1 atom stereocenters. The van der Waals surface area contributed by atoms with E-state index in [2.05, 4.69) is 0 Å². The summed E-state index contributed by atoms with van der Waals surface area (Å²) in [5, 5.41) is 0.466. The highest BCUT2D eigenvalue weighted by molar-refractivity contribution is 7.54. The largest absolute Gasteiger partial charge is 0.369 e. The first-order valence-corrected chi connectivity index (χ1v) is 7.79. The van der Waals surface area contributed by atoms with Crippen LogP contribution in [0, 0.1) is 0 Å². The molecule has 0 aliphatic rings. The Hall–Kier alpha value is -0.120. The molecule has 18 heavy (non-hydrogen) atoms. The molecule has 0 heterocycles. The van der Waals surface area contributed by atoms with Gasteiger partial charge in [-0.15, -0.1) is 0 Å². The van der Waals surface area contributed by atoms with Gasteiger partial charge in [0.05, 0.1) is 13.2 Å². The van der Waals surface area contributed by atoms with Crippen molar-refractivity contribution < 1.29 is 18.0 Å². The van der Waals surface area contributed by atoms with Gasteiger partial charge >= 0.3 is 7.60 Å². The molecule has 3 nitrogen and oxygen atoms in total. The SMILES string of the molecule is CCOP(=O)(OCC)[C@H](F)c1ccc(Cl)cc1Cl. The molecule has 0 N–H and O–H groups in total. The van der Waals surface area contributed by atoms with Gasteiger partial charge in [0.25, 0.3) is 0 Å². The molecule has 0 spiro atoms. The van der Waals surface area contributed by atoms with Gasteiger partial charge in [-0.3, -0.25) is 4.57 Å². The van der Waals surface area contributed by atoms with Crippen LogP contribution in [0.3, 0.4) is 0 Å². The highest BCUT2D eigenvalue weighted by Gasteiger charge is 2.38. The van der Waals surface area contributed by atoms with Crippen molar-refractivity contribution in [2.45, 2.75) is 19.8 Å². The number of hydrogen-bond donors (Lipinski definition) is 0. The van der Waals surface area contributed by atoms with Crippen LogP contribution in [-0.2, 0) is 13.6 Å². The van der Waals surface area contributed by atoms with Gasteiger partial charge in [-0.25, -0.2) is 4.39 Å². The minimum absolute atomic E-state index is 0.0475. The Labute approximate surface area is 116 Å². The van der Waals surface area contributed by atoms with Crippen molar-refractivity contribution in [1.82, 2.24) is 0 Å². The fourth-order valence-corrected chi connectivity index (χ4v) is 3.60. The Kier molecular flexibility index (Phi) is 6.09. The molecule has 1 aromatic rings. The van der Waals surface area contributed by atoms with Crippen LogP contribution in [0.4, 0.5) is 4.39 Å². The van der Waals surface area contributed by atoms with E-state index in [-0.39, 0.29) is 23.8 Å². The molecule has 0 saturated carbocycles. The Morgan fingerprint density at radius 3 is 2.28 bits per heavy atom. The van der Waals surface area contributed by atoms with E-state index in [1.165, 1.54) is 18.2 Å². The second kappa shape index (κ2) is 6.88. The number of benzene rings is 1. The fourth-order valence-electron chi connectivity index (χ4n) is 1.39. The molecule has 0 aliphatic heterocycles. The number of hydrogen-bond acceptors (Lipinski definition) is 3. The summed E-state index contributed by atoms with van der Waals surface area (Å²) in [6.45, 7) is 3.40. The molecule has 0 aromatic heterocycles. The molecule has 102 valence electrons. The topological polar surface area (TPSA) is 35.5 Å². The van der Waals surface area contributed by atoms with Gasteiger partial charge < -0.3 is 9.05 Å². The molecule has 0 radical (unpaired) electrons. The Morgan fingerprint density at radius 1 is 1.28 bits per heavy atom. The van der Waals surface area contributed by atoms with E-state index < -0.39 is 13.5 Å². The lowest BCUT2D eigenvalue weighted by molar-refractivity contribution is 0.190. The predicted molar refractivity (Wildman–Crippen MR) is 71.2 cm³/mol. The molecule has 1 aromatic carbocycles. The zero-order valence-corrected chi connectivity index (χ0v) is 12.4. The van der Waals surface area contributed by atoms with Crippen molar-refractivity contribution in [3.63, 3.8) is 0 Å². The van der Waals surface area contributed by atoms with Gasteiger partial charge in [0.2, 0.25) is 5.91 Å². The van der Waals surface area contributed by atoms with Crippen LogP contribution >= 0.6 is 30.8 Å². The van der Waals surface area contributed by atoms with Crippen LogP contribution in [0.1, 0.15) is 25.3 Å². The highest BCUT2D eigenvalue weighted by atomic mass is 35.5. The maximum absolute atomic E-state index is 14.3. The molecule has 0 bridgehead atoms. The van der Waals surface area contributed by atoms with Crippen LogP contribution < -0.4 is 0 Å². The molecule has 0 saturated heterocycles. The average Bonchev–Trinajstić information content (AvgIpc) is 2.29. The van der Waals surface area contributed by atoms with E-state index in [0.29, 0.717) is 5.02 Å². The Bertz CT molecular complexity index is 446. The van der Waals surface area contributed by atoms with Crippen LogP contribution in [0.25, 0.3) is 0 Å². The van der Waals surface area contributed by atoms with Gasteiger partial charge in [0, 0.05) is 15.6 Å². The summed E-state index contributed by atoms with van der Waals surface area (Å²) in [4.78, 5) is 0. The first-order valence-electron chi connectivity index (χ1n) is 5.42. The van der Waals surface area contributed by atoms with Gasteiger partial charge in [-0.2, -0.15) is 0 Å². The maximum atomic E-state index is 14.3. The van der Waals surface area contributed by atoms with Gasteiger partial charge in [-0.05, 0) is 26.0 Å². The Balaban J connectivity index is 3.09. The van der Waals surface area contributed by atoms with Gasteiger partial charge in [0.1, 0.15) is 0 Å². The third-order valence-electron chi connectivity index (χ3n) is 2.11. The second-order valence-electron chi connectivity index (χ2n) is 3.38. The lowest BCUT2D eigenvalue weighted by atomic mass is 10.2. The van der Waals surface area contributed by atoms with Crippen molar-refractivity contribution in [3.8, 4) is 0 Å². The average molecular weight is 315 g/mol. The summed E-state index contributed by atoms with van der Waals surface area (Å²) in [5.41, 5.74) is 0.0475. The zero-order valence-electron chi connectivity index (χ0n) is 10.0. The first-order chi connectivity index (χ1) is 8.44. The van der Waals surface area contributed by atoms with E-state index in [0.717, 1.165) is 0 Å². The van der Waals surface area contributed by atoms with E-state index in [1.54, 1.807) is 13.8 Å². The van der Waals surface area contributed by atoms with Crippen molar-refractivity contribution >= 4 is 30.8 Å². The minimum atomic E-state index is -3.87. The molecule has 0 aliphatic carbocycles. The molecule has 7 heteroatoms. The van der Waals surface area contributed by atoms with Crippen LogP contribution in [-0.4, -0.2) is 13.2 Å². The summed E-state index contributed by atoms with van der Waals surface area (Å²) < 4.78 is 36.4. The van der Waals surface area contributed by atoms with Crippen molar-refractivity contribution in [2.24, 2.45) is 0 Å². The molecular formula is C11H14Cl2FO3P. The first kappa shape index (κ1) is 15.9. The summed E-state index contributed by atoms with van der Waals surface area (Å²) in [7, 11) is -3.87. The van der Waals surface area contributed by atoms with E-state index in [4.69, 9.17) is 32.2 Å². The second-order valence-corrected chi connectivity index (χ2v) is 6.27. The molecule has 0 amide bonds. The quantitative estimate of drug-likeness (QED) is 0.675. The molecular weight excluding hydrogens is 301 g/mol. The minimum Gasteiger partial charge on any atom is -0.307 e. The molecule has 0 fully saturated rings. The monoisotopic (exact) mass is 314 g/mol. The zero-order chi connectivity index (χ0) is 13.8. The number of rotatable bonds is 6. The predicted octanol–water partition coefficient (Wildman–Crippen LogP) is 5.23. The number of halogens is 3. The molecule has 1 rings (SSSR count). The van der Waals surface area contributed by atoms with Crippen molar-refractivity contribution in [3.05, 3.63) is 33.8 Å². The normalized spacial score (nSPS) is 13.6. The maximum Gasteiger partial charge on any atom is 0.369 e. The van der Waals surface area contributed by atoms with Crippen molar-refractivity contribution in [2.75, 3.05) is 13.2 Å². The number of alkyl halides is 1. The van der Waals surface area contributed by atoms with Gasteiger partial charge in [0.15, 0.2) is 0 Å². The standard InChI is InChI=1S/C11H14Cl2FO3P/c1-3-16-18(15,17-4-2)11(14)9-6-5-8(12)7-10(9)13/h5-7,11H,3-4H2,1-2H3/t11-/m0/s1. The summed E-state index contributed by atoms with van der Waals surface area (Å²) in [6.07, 6.45) is 0. The van der Waals surface area contributed by atoms with Gasteiger partial charge in [-0.1, -0.05) is 29.3 Å². The summed E-state index contributed by atoms with van der Waals surface area (Å²) in [6, 6.07) is 4.23. The third kappa shape index (κ3) is 3.69. The van der Waals surface area contributed by atoms with Crippen molar-refractivity contribution in [1.29, 1.82) is 0 Å². The summed E-state index contributed by atoms with van der Waals surface area (Å²) in [5.74, 6) is -1.93. The van der Waals surface area contributed by atoms with E-state index in [1.807, 2.05) is 0 Å². The lowest BCUT2D eigenvalue weighted by Gasteiger charge is -2.21. The Morgan fingerprint density at radius 2 is 1.83 bits per heavy atom. The van der Waals surface area contributed by atoms with E-state index in [9.17, 15) is 8.96 Å². The smallest absolute Gasteiger partial charge is 0.307 e. The fraction of sp³-hybridized carbons (Fsp3) is 0.455. The summed E-state index contributed by atoms with van der Waals surface area (Å²) >= 11 is 11.6. The third-order valence-corrected chi connectivity index (χ3v) is 4.75. The van der Waals surface area contributed by atoms with Crippen LogP contribution in [0.2, 0.25) is 10.0 Å². The van der Waals surface area contributed by atoms with Crippen LogP contribution in [0.5, 0.6) is 0 Å². The lowest BCUT2D eigenvalue weighted by Crippen LogP contribution is -2.03. The van der Waals surface area contributed by atoms with E-state index >= 15 is 0 Å². The molecule has 0 unspecified atom stereocenters.